The van der Waals surface area contributed by atoms with Crippen molar-refractivity contribution in [2.45, 2.75) is 18.9 Å². The highest BCUT2D eigenvalue weighted by Crippen LogP contribution is 2.30. The smallest absolute Gasteiger partial charge is 0.306 e. The molecule has 0 radical (unpaired) electrons. The van der Waals surface area contributed by atoms with Crippen LogP contribution in [-0.2, 0) is 4.79 Å². The van der Waals surface area contributed by atoms with Crippen LogP contribution in [0, 0.1) is 0 Å². The first-order valence-corrected chi connectivity index (χ1v) is 4.88. The van der Waals surface area contributed by atoms with E-state index in [0.717, 1.165) is 0 Å². The zero-order valence-corrected chi connectivity index (χ0v) is 8.41. The summed E-state index contributed by atoms with van der Waals surface area (Å²) in [4.78, 5) is 14.6. The van der Waals surface area contributed by atoms with Gasteiger partial charge in [0, 0.05) is 5.75 Å². The van der Waals surface area contributed by atoms with E-state index in [4.69, 9.17) is 16.0 Å². The fraction of sp³-hybridized carbons (Fsp3) is 0.571. The minimum atomic E-state index is -0.993. The molecule has 78 valence electrons. The van der Waals surface area contributed by atoms with E-state index in [0.29, 0.717) is 10.9 Å². The Labute approximate surface area is 84.9 Å². The first-order valence-electron chi connectivity index (χ1n) is 3.89. The SMILES string of the molecule is CC(=NO)C1(CC(=O)O)CSC(N)=N1. The lowest BCUT2D eigenvalue weighted by Gasteiger charge is -2.21. The maximum atomic E-state index is 10.6. The highest BCUT2D eigenvalue weighted by Gasteiger charge is 2.40. The Bertz CT molecular complexity index is 315. The second kappa shape index (κ2) is 3.87. The van der Waals surface area contributed by atoms with Crippen molar-refractivity contribution in [1.29, 1.82) is 0 Å². The summed E-state index contributed by atoms with van der Waals surface area (Å²) >= 11 is 1.26. The molecule has 1 unspecified atom stereocenters. The van der Waals surface area contributed by atoms with Gasteiger partial charge in [-0.2, -0.15) is 0 Å². The molecule has 1 aliphatic rings. The second-order valence-corrected chi connectivity index (χ2v) is 4.02. The average Bonchev–Trinajstić information content (AvgIpc) is 2.46. The summed E-state index contributed by atoms with van der Waals surface area (Å²) < 4.78 is 0. The number of carboxylic acid groups (broad SMARTS) is 1. The van der Waals surface area contributed by atoms with E-state index >= 15 is 0 Å². The van der Waals surface area contributed by atoms with Crippen molar-refractivity contribution in [3.05, 3.63) is 0 Å². The third-order valence-electron chi connectivity index (χ3n) is 2.05. The van der Waals surface area contributed by atoms with Crippen LogP contribution in [0.1, 0.15) is 13.3 Å². The number of rotatable bonds is 3. The van der Waals surface area contributed by atoms with Crippen LogP contribution in [0.4, 0.5) is 0 Å². The van der Waals surface area contributed by atoms with Crippen molar-refractivity contribution in [3.8, 4) is 0 Å². The lowest BCUT2D eigenvalue weighted by Crippen LogP contribution is -2.38. The van der Waals surface area contributed by atoms with Gasteiger partial charge < -0.3 is 16.0 Å². The molecule has 7 heteroatoms. The summed E-state index contributed by atoms with van der Waals surface area (Å²) in [5, 5.41) is 20.7. The maximum absolute atomic E-state index is 10.6. The largest absolute Gasteiger partial charge is 0.481 e. The minimum Gasteiger partial charge on any atom is -0.481 e. The molecule has 4 N–H and O–H groups in total. The van der Waals surface area contributed by atoms with E-state index in [9.17, 15) is 4.79 Å². The molecule has 0 fully saturated rings. The van der Waals surface area contributed by atoms with Crippen molar-refractivity contribution < 1.29 is 15.1 Å². The van der Waals surface area contributed by atoms with Crippen LogP contribution < -0.4 is 5.73 Å². The normalized spacial score (nSPS) is 27.5. The van der Waals surface area contributed by atoms with Crippen LogP contribution >= 0.6 is 11.8 Å². The molecule has 0 aromatic rings. The Morgan fingerprint density at radius 3 is 2.86 bits per heavy atom. The first kappa shape index (κ1) is 10.8. The quantitative estimate of drug-likeness (QED) is 0.353. The van der Waals surface area contributed by atoms with Gasteiger partial charge in [0.2, 0.25) is 0 Å². The molecule has 1 atom stereocenters. The summed E-state index contributed by atoms with van der Waals surface area (Å²) in [6.07, 6.45) is -0.212. The van der Waals surface area contributed by atoms with E-state index in [1.54, 1.807) is 0 Å². The summed E-state index contributed by atoms with van der Waals surface area (Å²) in [6.45, 7) is 1.53. The van der Waals surface area contributed by atoms with Crippen molar-refractivity contribution >= 4 is 28.6 Å². The minimum absolute atomic E-state index is 0.212. The van der Waals surface area contributed by atoms with Gasteiger partial charge in [-0.3, -0.25) is 4.79 Å². The number of oxime groups is 1. The number of carbonyl (C=O) groups is 1. The molecule has 1 heterocycles. The number of nitrogens with zero attached hydrogens (tertiary/aromatic N) is 2. The van der Waals surface area contributed by atoms with Gasteiger partial charge in [0.25, 0.3) is 0 Å². The summed E-state index contributed by atoms with van der Waals surface area (Å²) in [5.41, 5.74) is 4.76. The zero-order valence-electron chi connectivity index (χ0n) is 7.60. The lowest BCUT2D eigenvalue weighted by molar-refractivity contribution is -0.137. The predicted octanol–water partition coefficient (Wildman–Crippen LogP) is 0.112. The van der Waals surface area contributed by atoms with Gasteiger partial charge in [-0.15, -0.1) is 0 Å². The van der Waals surface area contributed by atoms with Gasteiger partial charge >= 0.3 is 5.97 Å². The molecule has 0 saturated carbocycles. The van der Waals surface area contributed by atoms with Gasteiger partial charge in [0.15, 0.2) is 5.17 Å². The number of hydrogen-bond acceptors (Lipinski definition) is 6. The molecule has 1 aliphatic heterocycles. The molecular weight excluding hydrogens is 206 g/mol. The van der Waals surface area contributed by atoms with Crippen LogP contribution in [0.15, 0.2) is 10.1 Å². The van der Waals surface area contributed by atoms with E-state index in [-0.39, 0.29) is 12.1 Å². The van der Waals surface area contributed by atoms with Crippen molar-refractivity contribution in [3.63, 3.8) is 0 Å². The highest BCUT2D eigenvalue weighted by atomic mass is 32.2. The average molecular weight is 217 g/mol. The molecule has 0 aromatic heterocycles. The molecule has 1 rings (SSSR count). The van der Waals surface area contributed by atoms with E-state index in [2.05, 4.69) is 10.1 Å². The Kier molecular flexibility index (Phi) is 3.00. The number of amidine groups is 1. The highest BCUT2D eigenvalue weighted by molar-refractivity contribution is 8.14. The second-order valence-electron chi connectivity index (χ2n) is 3.03. The topological polar surface area (TPSA) is 108 Å². The Morgan fingerprint density at radius 1 is 1.86 bits per heavy atom. The molecule has 0 amide bonds. The standard InChI is InChI=1S/C7H11N3O3S/c1-4(10-13)7(2-5(11)12)3-14-6(8)9-7/h13H,2-3H2,1H3,(H2,8,9)(H,11,12). The summed E-state index contributed by atoms with van der Waals surface area (Å²) in [6, 6.07) is 0. The third-order valence-corrected chi connectivity index (χ3v) is 3.06. The summed E-state index contributed by atoms with van der Waals surface area (Å²) in [7, 11) is 0. The van der Waals surface area contributed by atoms with Crippen LogP contribution in [0.3, 0.4) is 0 Å². The molecule has 0 saturated heterocycles. The van der Waals surface area contributed by atoms with Crippen LogP contribution in [0.2, 0.25) is 0 Å². The Balaban J connectivity index is 2.98. The van der Waals surface area contributed by atoms with Crippen LogP contribution in [-0.4, -0.2) is 38.5 Å². The summed E-state index contributed by atoms with van der Waals surface area (Å²) in [5.74, 6) is -0.590. The van der Waals surface area contributed by atoms with Gasteiger partial charge in [-0.25, -0.2) is 4.99 Å². The molecule has 6 nitrogen and oxygen atoms in total. The van der Waals surface area contributed by atoms with Crippen molar-refractivity contribution in [1.82, 2.24) is 0 Å². The number of aliphatic carboxylic acids is 1. The van der Waals surface area contributed by atoms with Gasteiger partial charge in [-0.1, -0.05) is 16.9 Å². The molecular formula is C7H11N3O3S. The molecule has 0 spiro atoms. The van der Waals surface area contributed by atoms with E-state index in [1.807, 2.05) is 0 Å². The Hall–Kier alpha value is -1.24. The van der Waals surface area contributed by atoms with Crippen molar-refractivity contribution in [2.75, 3.05) is 5.75 Å². The van der Waals surface area contributed by atoms with Gasteiger partial charge in [0.1, 0.15) is 5.54 Å². The number of thioether (sulfide) groups is 1. The molecule has 14 heavy (non-hydrogen) atoms. The van der Waals surface area contributed by atoms with E-state index in [1.165, 1.54) is 18.7 Å². The van der Waals surface area contributed by atoms with Crippen molar-refractivity contribution in [2.24, 2.45) is 15.9 Å². The third kappa shape index (κ3) is 1.98. The monoisotopic (exact) mass is 217 g/mol. The fourth-order valence-corrected chi connectivity index (χ4v) is 2.22. The van der Waals surface area contributed by atoms with E-state index < -0.39 is 11.5 Å². The Morgan fingerprint density at radius 2 is 2.50 bits per heavy atom. The van der Waals surface area contributed by atoms with Gasteiger partial charge in [-0.05, 0) is 6.92 Å². The maximum Gasteiger partial charge on any atom is 0.306 e. The molecule has 0 aromatic carbocycles. The molecule has 0 bridgehead atoms. The first-order chi connectivity index (χ1) is 6.50. The van der Waals surface area contributed by atoms with Gasteiger partial charge in [0.05, 0.1) is 12.1 Å². The molecule has 0 aliphatic carbocycles. The number of hydrogen-bond donors (Lipinski definition) is 3. The zero-order chi connectivity index (χ0) is 10.8. The predicted molar refractivity (Wildman–Crippen MR) is 54.0 cm³/mol. The number of aliphatic imine (C=N–C) groups is 1. The number of nitrogens with two attached hydrogens (primary N) is 1. The number of carboxylic acids is 1. The van der Waals surface area contributed by atoms with Crippen LogP contribution in [0.5, 0.6) is 0 Å². The fourth-order valence-electron chi connectivity index (χ4n) is 1.22. The van der Waals surface area contributed by atoms with Crippen LogP contribution in [0.25, 0.3) is 0 Å². The lowest BCUT2D eigenvalue weighted by atomic mass is 9.93.